The van der Waals surface area contributed by atoms with E-state index in [0.29, 0.717) is 12.2 Å². The van der Waals surface area contributed by atoms with Crippen LogP contribution in [-0.2, 0) is 13.1 Å². The number of aliphatic hydroxyl groups is 1. The summed E-state index contributed by atoms with van der Waals surface area (Å²) in [7, 11) is 0. The molecule has 0 spiro atoms. The van der Waals surface area contributed by atoms with E-state index >= 15 is 0 Å². The largest absolute Gasteiger partial charge is 0.393 e. The highest BCUT2D eigenvalue weighted by atomic mass is 19.1. The third kappa shape index (κ3) is 5.11. The Labute approximate surface area is 174 Å². The molecule has 7 heteroatoms. The Morgan fingerprint density at radius 1 is 1.10 bits per heavy atom. The number of aliphatic hydroxyl groups excluding tert-OH is 1. The van der Waals surface area contributed by atoms with E-state index in [0.717, 1.165) is 38.0 Å². The Morgan fingerprint density at radius 2 is 1.83 bits per heavy atom. The summed E-state index contributed by atoms with van der Waals surface area (Å²) in [5.41, 5.74) is 3.07. The van der Waals surface area contributed by atoms with Crippen LogP contribution in [0, 0.1) is 5.82 Å². The Morgan fingerprint density at radius 3 is 2.57 bits per heavy atom. The van der Waals surface area contributed by atoms with Crippen molar-refractivity contribution in [2.24, 2.45) is 0 Å². The molecule has 3 aromatic rings. The topological polar surface area (TPSA) is 70.4 Å². The zero-order chi connectivity index (χ0) is 20.9. The Kier molecular flexibility index (Phi) is 6.21. The second-order valence-electron chi connectivity index (χ2n) is 7.63. The number of benzene rings is 2. The molecule has 2 N–H and O–H groups in total. The highest BCUT2D eigenvalue weighted by Crippen LogP contribution is 2.14. The van der Waals surface area contributed by atoms with Gasteiger partial charge in [-0.1, -0.05) is 30.3 Å². The molecule has 2 heterocycles. The van der Waals surface area contributed by atoms with Crippen molar-refractivity contribution >= 4 is 5.91 Å². The van der Waals surface area contributed by atoms with Crippen LogP contribution >= 0.6 is 0 Å². The molecule has 0 bridgehead atoms. The average molecular weight is 408 g/mol. The monoisotopic (exact) mass is 408 g/mol. The van der Waals surface area contributed by atoms with Gasteiger partial charge in [-0.25, -0.2) is 9.07 Å². The van der Waals surface area contributed by atoms with Crippen molar-refractivity contribution in [2.75, 3.05) is 13.1 Å². The fourth-order valence-electron chi connectivity index (χ4n) is 3.58. The molecular weight excluding hydrogens is 383 g/mol. The lowest BCUT2D eigenvalue weighted by molar-refractivity contribution is 0.0792. The van der Waals surface area contributed by atoms with Crippen LogP contribution < -0.4 is 5.32 Å². The standard InChI is InChI=1S/C23H25FN4O2/c24-19-2-1-3-20(14-19)28-13-10-22(26-28)23(30)25-15-17-4-6-18(7-5-17)16-27-11-8-21(29)9-12-27/h1-7,10,13-14,21,29H,8-9,11-12,15-16H2,(H,25,30). The third-order valence-corrected chi connectivity index (χ3v) is 5.33. The molecule has 0 radical (unpaired) electrons. The summed E-state index contributed by atoms with van der Waals surface area (Å²) in [6, 6.07) is 15.8. The number of hydrogen-bond donors (Lipinski definition) is 2. The summed E-state index contributed by atoms with van der Waals surface area (Å²) in [5.74, 6) is -0.628. The molecule has 1 aliphatic rings. The number of halogens is 1. The van der Waals surface area contributed by atoms with E-state index in [1.165, 1.54) is 22.4 Å². The average Bonchev–Trinajstić information content (AvgIpc) is 3.25. The molecular formula is C23H25FN4O2. The van der Waals surface area contributed by atoms with Crippen molar-refractivity contribution in [3.63, 3.8) is 0 Å². The van der Waals surface area contributed by atoms with Crippen molar-refractivity contribution in [3.8, 4) is 5.69 Å². The van der Waals surface area contributed by atoms with Crippen molar-refractivity contribution in [1.82, 2.24) is 20.0 Å². The number of hydrogen-bond acceptors (Lipinski definition) is 4. The lowest BCUT2D eigenvalue weighted by Gasteiger charge is -2.29. The van der Waals surface area contributed by atoms with Gasteiger partial charge in [-0.15, -0.1) is 0 Å². The second kappa shape index (κ2) is 9.19. The van der Waals surface area contributed by atoms with E-state index in [9.17, 15) is 14.3 Å². The van der Waals surface area contributed by atoms with Crippen LogP contribution in [0.25, 0.3) is 5.69 Å². The molecule has 0 atom stereocenters. The Balaban J connectivity index is 1.30. The molecule has 0 aliphatic carbocycles. The molecule has 6 nitrogen and oxygen atoms in total. The maximum atomic E-state index is 13.4. The number of amides is 1. The van der Waals surface area contributed by atoms with Gasteiger partial charge in [-0.2, -0.15) is 5.10 Å². The van der Waals surface area contributed by atoms with E-state index < -0.39 is 0 Å². The number of likely N-dealkylation sites (tertiary alicyclic amines) is 1. The minimum absolute atomic E-state index is 0.160. The summed E-state index contributed by atoms with van der Waals surface area (Å²) in [6.07, 6.45) is 3.14. The zero-order valence-corrected chi connectivity index (χ0v) is 16.7. The molecule has 0 saturated carbocycles. The van der Waals surface area contributed by atoms with Gasteiger partial charge in [-0.3, -0.25) is 9.69 Å². The summed E-state index contributed by atoms with van der Waals surface area (Å²) < 4.78 is 14.8. The minimum atomic E-state index is -0.352. The van der Waals surface area contributed by atoms with Gasteiger partial charge in [0.05, 0.1) is 11.8 Å². The van der Waals surface area contributed by atoms with Crippen molar-refractivity contribution < 1.29 is 14.3 Å². The lowest BCUT2D eigenvalue weighted by Crippen LogP contribution is -2.35. The first-order valence-electron chi connectivity index (χ1n) is 10.1. The number of carbonyl (C=O) groups is 1. The summed E-state index contributed by atoms with van der Waals surface area (Å²) in [5, 5.41) is 16.7. The molecule has 156 valence electrons. The van der Waals surface area contributed by atoms with Gasteiger partial charge in [0.15, 0.2) is 5.69 Å². The first-order chi connectivity index (χ1) is 14.6. The van der Waals surface area contributed by atoms with Crippen molar-refractivity contribution in [3.05, 3.63) is 83.4 Å². The van der Waals surface area contributed by atoms with E-state index in [2.05, 4.69) is 27.4 Å². The van der Waals surface area contributed by atoms with Crippen LogP contribution in [0.1, 0.15) is 34.5 Å². The van der Waals surface area contributed by atoms with Gasteiger partial charge in [-0.05, 0) is 48.2 Å². The molecule has 1 fully saturated rings. The number of carbonyl (C=O) groups excluding carboxylic acids is 1. The van der Waals surface area contributed by atoms with Crippen LogP contribution in [0.3, 0.4) is 0 Å². The molecule has 1 aromatic heterocycles. The first-order valence-corrected chi connectivity index (χ1v) is 10.1. The Hall–Kier alpha value is -3.03. The van der Waals surface area contributed by atoms with Crippen LogP contribution in [-0.4, -0.2) is 44.9 Å². The van der Waals surface area contributed by atoms with E-state index in [1.807, 2.05) is 12.1 Å². The quantitative estimate of drug-likeness (QED) is 0.658. The smallest absolute Gasteiger partial charge is 0.272 e. The highest BCUT2D eigenvalue weighted by molar-refractivity contribution is 5.92. The van der Waals surface area contributed by atoms with Gasteiger partial charge < -0.3 is 10.4 Å². The van der Waals surface area contributed by atoms with E-state index in [1.54, 1.807) is 24.4 Å². The van der Waals surface area contributed by atoms with Gasteiger partial charge in [0.1, 0.15) is 5.82 Å². The van der Waals surface area contributed by atoms with Crippen molar-refractivity contribution in [1.29, 1.82) is 0 Å². The SMILES string of the molecule is O=C(NCc1ccc(CN2CCC(O)CC2)cc1)c1ccn(-c2cccc(F)c2)n1. The predicted octanol–water partition coefficient (Wildman–Crippen LogP) is 2.90. The maximum Gasteiger partial charge on any atom is 0.272 e. The van der Waals surface area contributed by atoms with Gasteiger partial charge in [0.25, 0.3) is 5.91 Å². The first kappa shape index (κ1) is 20.3. The molecule has 2 aromatic carbocycles. The maximum absolute atomic E-state index is 13.4. The second-order valence-corrected chi connectivity index (χ2v) is 7.63. The Bertz CT molecular complexity index is 994. The van der Waals surface area contributed by atoms with Gasteiger partial charge in [0, 0.05) is 32.4 Å². The number of aromatic nitrogens is 2. The number of nitrogens with zero attached hydrogens (tertiary/aromatic N) is 3. The fourth-order valence-corrected chi connectivity index (χ4v) is 3.58. The van der Waals surface area contributed by atoms with Crippen LogP contribution in [0.5, 0.6) is 0 Å². The molecule has 1 aliphatic heterocycles. The predicted molar refractivity (Wildman–Crippen MR) is 112 cm³/mol. The van der Waals surface area contributed by atoms with Crippen LogP contribution in [0.4, 0.5) is 4.39 Å². The molecule has 30 heavy (non-hydrogen) atoms. The lowest BCUT2D eigenvalue weighted by atomic mass is 10.1. The molecule has 0 unspecified atom stereocenters. The van der Waals surface area contributed by atoms with Crippen LogP contribution in [0.15, 0.2) is 60.8 Å². The van der Waals surface area contributed by atoms with E-state index in [4.69, 9.17) is 0 Å². The number of rotatable bonds is 6. The zero-order valence-electron chi connectivity index (χ0n) is 16.7. The highest BCUT2D eigenvalue weighted by Gasteiger charge is 2.17. The summed E-state index contributed by atoms with van der Waals surface area (Å²) >= 11 is 0. The van der Waals surface area contributed by atoms with Gasteiger partial charge >= 0.3 is 0 Å². The third-order valence-electron chi connectivity index (χ3n) is 5.33. The normalized spacial score (nSPS) is 15.3. The van der Waals surface area contributed by atoms with E-state index in [-0.39, 0.29) is 23.5 Å². The fraction of sp³-hybridized carbons (Fsp3) is 0.304. The summed E-state index contributed by atoms with van der Waals surface area (Å²) in [4.78, 5) is 14.7. The molecule has 4 rings (SSSR count). The number of piperidine rings is 1. The minimum Gasteiger partial charge on any atom is -0.393 e. The van der Waals surface area contributed by atoms with Crippen LogP contribution in [0.2, 0.25) is 0 Å². The molecule has 1 amide bonds. The summed E-state index contributed by atoms with van der Waals surface area (Å²) in [6.45, 7) is 3.11. The molecule has 1 saturated heterocycles. The van der Waals surface area contributed by atoms with Gasteiger partial charge in [0.2, 0.25) is 0 Å². The van der Waals surface area contributed by atoms with Crippen molar-refractivity contribution in [2.45, 2.75) is 32.0 Å². The number of nitrogens with one attached hydrogen (secondary N) is 1.